The topological polar surface area (TPSA) is 53.1 Å². The maximum atomic E-state index is 13.0. The van der Waals surface area contributed by atoms with Crippen molar-refractivity contribution in [1.29, 1.82) is 0 Å². The lowest BCUT2D eigenvalue weighted by molar-refractivity contribution is -0.137. The van der Waals surface area contributed by atoms with Gasteiger partial charge in [-0.1, -0.05) is 6.07 Å². The number of anilines is 1. The smallest absolute Gasteiger partial charge is 0.228 e. The number of hydrogen-bond acceptors (Lipinski definition) is 4. The molecule has 6 nitrogen and oxygen atoms in total. The first-order valence-corrected chi connectivity index (χ1v) is 10.3. The minimum absolute atomic E-state index is 0.00289. The predicted molar refractivity (Wildman–Crippen MR) is 111 cm³/mol. The summed E-state index contributed by atoms with van der Waals surface area (Å²) < 4.78 is 5.43. The van der Waals surface area contributed by atoms with E-state index in [-0.39, 0.29) is 24.2 Å². The highest BCUT2D eigenvalue weighted by molar-refractivity contribution is 6.01. The second-order valence-corrected chi connectivity index (χ2v) is 8.44. The van der Waals surface area contributed by atoms with E-state index in [1.54, 1.807) is 12.0 Å². The third-order valence-corrected chi connectivity index (χ3v) is 6.01. The van der Waals surface area contributed by atoms with Gasteiger partial charge in [-0.2, -0.15) is 0 Å². The molecule has 0 radical (unpaired) electrons. The SMILES string of the molecule is COc1ccc(C)cc1N1C[C@H](C(=O)N2CCC(CCN(C)C)CC2)CC1=O. The molecule has 1 aromatic carbocycles. The Hall–Kier alpha value is -2.08. The van der Waals surface area contributed by atoms with Crippen molar-refractivity contribution >= 4 is 17.5 Å². The van der Waals surface area contributed by atoms with E-state index in [9.17, 15) is 9.59 Å². The second kappa shape index (κ2) is 8.95. The molecular weight excluding hydrogens is 354 g/mol. The van der Waals surface area contributed by atoms with Gasteiger partial charge in [-0.05, 0) is 70.4 Å². The van der Waals surface area contributed by atoms with E-state index in [1.807, 2.05) is 30.0 Å². The molecule has 2 fully saturated rings. The Balaban J connectivity index is 1.60. The summed E-state index contributed by atoms with van der Waals surface area (Å²) in [5, 5.41) is 0. The molecular formula is C22H33N3O3. The van der Waals surface area contributed by atoms with Crippen LogP contribution in [0.3, 0.4) is 0 Å². The Morgan fingerprint density at radius 1 is 1.25 bits per heavy atom. The van der Waals surface area contributed by atoms with Crippen molar-refractivity contribution in [2.24, 2.45) is 11.8 Å². The number of likely N-dealkylation sites (tertiary alicyclic amines) is 1. The van der Waals surface area contributed by atoms with Crippen molar-refractivity contribution in [3.05, 3.63) is 23.8 Å². The zero-order chi connectivity index (χ0) is 20.3. The quantitative estimate of drug-likeness (QED) is 0.753. The molecule has 0 unspecified atom stereocenters. The number of carbonyl (C=O) groups excluding carboxylic acids is 2. The number of nitrogens with zero attached hydrogens (tertiary/aromatic N) is 3. The van der Waals surface area contributed by atoms with E-state index in [1.165, 1.54) is 6.42 Å². The molecule has 2 aliphatic heterocycles. The van der Waals surface area contributed by atoms with Crippen molar-refractivity contribution in [3.8, 4) is 5.75 Å². The summed E-state index contributed by atoms with van der Waals surface area (Å²) >= 11 is 0. The lowest BCUT2D eigenvalue weighted by Crippen LogP contribution is -2.42. The normalized spacial score (nSPS) is 20.9. The van der Waals surface area contributed by atoms with E-state index in [4.69, 9.17) is 4.74 Å². The number of benzene rings is 1. The van der Waals surface area contributed by atoms with E-state index in [0.717, 1.165) is 43.7 Å². The van der Waals surface area contributed by atoms with Crippen LogP contribution in [0.25, 0.3) is 0 Å². The molecule has 0 N–H and O–H groups in total. The monoisotopic (exact) mass is 387 g/mol. The van der Waals surface area contributed by atoms with E-state index in [2.05, 4.69) is 19.0 Å². The Kier molecular flexibility index (Phi) is 6.60. The van der Waals surface area contributed by atoms with Gasteiger partial charge in [-0.15, -0.1) is 0 Å². The van der Waals surface area contributed by atoms with Crippen LogP contribution in [0.5, 0.6) is 5.75 Å². The van der Waals surface area contributed by atoms with Crippen LogP contribution in [0, 0.1) is 18.8 Å². The molecule has 2 saturated heterocycles. The average Bonchev–Trinajstić information content (AvgIpc) is 3.07. The molecule has 0 saturated carbocycles. The summed E-state index contributed by atoms with van der Waals surface area (Å²) in [6.45, 7) is 5.17. The van der Waals surface area contributed by atoms with Crippen LogP contribution in [0.4, 0.5) is 5.69 Å². The fourth-order valence-corrected chi connectivity index (χ4v) is 4.26. The predicted octanol–water partition coefficient (Wildman–Crippen LogP) is 2.55. The lowest BCUT2D eigenvalue weighted by atomic mass is 9.92. The molecule has 28 heavy (non-hydrogen) atoms. The zero-order valence-corrected chi connectivity index (χ0v) is 17.6. The largest absolute Gasteiger partial charge is 0.495 e. The van der Waals surface area contributed by atoms with Crippen molar-refractivity contribution in [1.82, 2.24) is 9.80 Å². The summed E-state index contributed by atoms with van der Waals surface area (Å²) in [5.74, 6) is 1.26. The number of ether oxygens (including phenoxy) is 1. The zero-order valence-electron chi connectivity index (χ0n) is 17.6. The molecule has 0 aliphatic carbocycles. The molecule has 154 valence electrons. The average molecular weight is 388 g/mol. The van der Waals surface area contributed by atoms with Crippen molar-refractivity contribution in [2.45, 2.75) is 32.6 Å². The molecule has 3 rings (SSSR count). The van der Waals surface area contributed by atoms with Crippen LogP contribution in [0.15, 0.2) is 18.2 Å². The van der Waals surface area contributed by atoms with Crippen LogP contribution in [0.1, 0.15) is 31.2 Å². The van der Waals surface area contributed by atoms with Gasteiger partial charge in [0.05, 0.1) is 18.7 Å². The van der Waals surface area contributed by atoms with Gasteiger partial charge in [0.2, 0.25) is 11.8 Å². The first-order chi connectivity index (χ1) is 13.4. The van der Waals surface area contributed by atoms with Gasteiger partial charge in [0.1, 0.15) is 5.75 Å². The molecule has 2 heterocycles. The number of rotatable bonds is 6. The summed E-state index contributed by atoms with van der Waals surface area (Å²) in [6, 6.07) is 5.80. The van der Waals surface area contributed by atoms with Gasteiger partial charge in [0, 0.05) is 26.1 Å². The third kappa shape index (κ3) is 4.66. The Morgan fingerprint density at radius 3 is 2.61 bits per heavy atom. The van der Waals surface area contributed by atoms with E-state index >= 15 is 0 Å². The maximum absolute atomic E-state index is 13.0. The highest BCUT2D eigenvalue weighted by Crippen LogP contribution is 2.34. The first kappa shape index (κ1) is 20.6. The molecule has 2 aliphatic rings. The van der Waals surface area contributed by atoms with Crippen molar-refractivity contribution in [3.63, 3.8) is 0 Å². The van der Waals surface area contributed by atoms with Crippen molar-refractivity contribution < 1.29 is 14.3 Å². The van der Waals surface area contributed by atoms with Gasteiger partial charge in [0.15, 0.2) is 0 Å². The summed E-state index contributed by atoms with van der Waals surface area (Å²) in [4.78, 5) is 31.6. The Morgan fingerprint density at radius 2 is 1.96 bits per heavy atom. The molecule has 0 spiro atoms. The Labute approximate surface area is 168 Å². The van der Waals surface area contributed by atoms with Gasteiger partial charge >= 0.3 is 0 Å². The maximum Gasteiger partial charge on any atom is 0.228 e. The summed E-state index contributed by atoms with van der Waals surface area (Å²) in [5.41, 5.74) is 1.84. The lowest BCUT2D eigenvalue weighted by Gasteiger charge is -2.34. The van der Waals surface area contributed by atoms with Crippen LogP contribution in [-0.4, -0.2) is 69.0 Å². The molecule has 6 heteroatoms. The summed E-state index contributed by atoms with van der Waals surface area (Å²) in [6.07, 6.45) is 3.61. The number of amides is 2. The van der Waals surface area contributed by atoms with Gasteiger partial charge < -0.3 is 19.4 Å². The first-order valence-electron chi connectivity index (χ1n) is 10.3. The minimum Gasteiger partial charge on any atom is -0.495 e. The fourth-order valence-electron chi connectivity index (χ4n) is 4.26. The fraction of sp³-hybridized carbons (Fsp3) is 0.636. The van der Waals surface area contributed by atoms with E-state index in [0.29, 0.717) is 18.2 Å². The van der Waals surface area contributed by atoms with Gasteiger partial charge in [0.25, 0.3) is 0 Å². The molecule has 2 amide bonds. The van der Waals surface area contributed by atoms with Crippen LogP contribution >= 0.6 is 0 Å². The standard InChI is InChI=1S/C22H33N3O3/c1-16-5-6-20(28-4)19(13-16)25-15-18(14-21(25)26)22(27)24-11-8-17(9-12-24)7-10-23(2)3/h5-6,13,17-18H,7-12,14-15H2,1-4H3/t18-/m1/s1. The minimum atomic E-state index is -0.254. The summed E-state index contributed by atoms with van der Waals surface area (Å²) in [7, 11) is 5.81. The Bertz CT molecular complexity index is 711. The van der Waals surface area contributed by atoms with Gasteiger partial charge in [-0.3, -0.25) is 9.59 Å². The number of aryl methyl sites for hydroxylation is 1. The number of methoxy groups -OCH3 is 1. The molecule has 0 bridgehead atoms. The number of piperidine rings is 1. The van der Waals surface area contributed by atoms with Crippen LogP contribution in [0.2, 0.25) is 0 Å². The number of carbonyl (C=O) groups is 2. The third-order valence-electron chi connectivity index (χ3n) is 6.01. The van der Waals surface area contributed by atoms with E-state index < -0.39 is 0 Å². The van der Waals surface area contributed by atoms with Crippen molar-refractivity contribution in [2.75, 3.05) is 52.3 Å². The molecule has 1 aromatic rings. The number of hydrogen-bond donors (Lipinski definition) is 0. The highest BCUT2D eigenvalue weighted by Gasteiger charge is 2.38. The van der Waals surface area contributed by atoms with Gasteiger partial charge in [-0.25, -0.2) is 0 Å². The highest BCUT2D eigenvalue weighted by atomic mass is 16.5. The molecule has 1 atom stereocenters. The second-order valence-electron chi connectivity index (χ2n) is 8.44. The molecule has 0 aromatic heterocycles. The van der Waals surface area contributed by atoms with Crippen LogP contribution < -0.4 is 9.64 Å². The van der Waals surface area contributed by atoms with Crippen LogP contribution in [-0.2, 0) is 9.59 Å².